The highest BCUT2D eigenvalue weighted by Gasteiger charge is 2.37. The van der Waals surface area contributed by atoms with Gasteiger partial charge in [0, 0.05) is 0 Å². The van der Waals surface area contributed by atoms with E-state index in [1.165, 1.54) is 36.4 Å². The molecule has 1 amide bonds. The maximum Gasteiger partial charge on any atom is 0.416 e. The summed E-state index contributed by atoms with van der Waals surface area (Å²) in [6, 6.07) is 10.0. The highest BCUT2D eigenvalue weighted by Crippen LogP contribution is 2.40. The van der Waals surface area contributed by atoms with Crippen molar-refractivity contribution >= 4 is 45.5 Å². The van der Waals surface area contributed by atoms with Crippen LogP contribution in [0.2, 0.25) is 0 Å². The molecule has 3 rings (SSSR count). The molecular formula is C18H11F4NOS2. The summed E-state index contributed by atoms with van der Waals surface area (Å²) in [5.41, 5.74) is 0.417. The number of rotatable bonds is 2. The molecule has 0 aromatic heterocycles. The van der Waals surface area contributed by atoms with Gasteiger partial charge in [0.25, 0.3) is 5.91 Å². The minimum atomic E-state index is -4.52. The number of thiocarbonyl (C=S) groups is 1. The number of allylic oxidation sites excluding steroid dienone is 1. The van der Waals surface area contributed by atoms with Gasteiger partial charge in [0.1, 0.15) is 5.82 Å². The number of thioether (sulfide) groups is 1. The highest BCUT2D eigenvalue weighted by atomic mass is 32.2. The molecular weight excluding hydrogens is 386 g/mol. The minimum absolute atomic E-state index is 0.0595. The first-order valence-electron chi connectivity index (χ1n) is 7.39. The lowest BCUT2D eigenvalue weighted by molar-refractivity contribution is -0.137. The summed E-state index contributed by atoms with van der Waals surface area (Å²) in [5.74, 6) is -0.904. The molecule has 0 spiro atoms. The highest BCUT2D eigenvalue weighted by molar-refractivity contribution is 8.27. The average molecular weight is 397 g/mol. The zero-order valence-electron chi connectivity index (χ0n) is 13.3. The van der Waals surface area contributed by atoms with Crippen LogP contribution in [0, 0.1) is 5.82 Å². The van der Waals surface area contributed by atoms with Gasteiger partial charge in [-0.25, -0.2) is 4.39 Å². The van der Waals surface area contributed by atoms with Crippen LogP contribution < -0.4 is 4.90 Å². The van der Waals surface area contributed by atoms with Crippen LogP contribution >= 0.6 is 24.0 Å². The predicted molar refractivity (Wildman–Crippen MR) is 98.1 cm³/mol. The van der Waals surface area contributed by atoms with Gasteiger partial charge in [-0.1, -0.05) is 42.2 Å². The number of amides is 1. The molecule has 1 heterocycles. The summed E-state index contributed by atoms with van der Waals surface area (Å²) < 4.78 is 52.0. The molecule has 1 aliphatic rings. The molecule has 1 saturated heterocycles. The zero-order chi connectivity index (χ0) is 19.1. The van der Waals surface area contributed by atoms with Crippen molar-refractivity contribution in [3.8, 4) is 0 Å². The molecule has 0 aliphatic carbocycles. The smallest absolute Gasteiger partial charge is 0.268 e. The van der Waals surface area contributed by atoms with Crippen molar-refractivity contribution in [1.29, 1.82) is 0 Å². The fourth-order valence-corrected chi connectivity index (χ4v) is 3.82. The molecule has 26 heavy (non-hydrogen) atoms. The molecule has 1 aliphatic heterocycles. The number of anilines is 1. The van der Waals surface area contributed by atoms with Gasteiger partial charge in [-0.05, 0) is 48.4 Å². The molecule has 0 unspecified atom stereocenters. The van der Waals surface area contributed by atoms with Gasteiger partial charge in [0.2, 0.25) is 0 Å². The van der Waals surface area contributed by atoms with Crippen LogP contribution in [-0.2, 0) is 11.0 Å². The Kier molecular flexibility index (Phi) is 4.90. The first-order valence-corrected chi connectivity index (χ1v) is 8.61. The van der Waals surface area contributed by atoms with Crippen LogP contribution in [0.5, 0.6) is 0 Å². The van der Waals surface area contributed by atoms with E-state index in [1.807, 2.05) is 0 Å². The number of benzene rings is 2. The number of hydrogen-bond donors (Lipinski definition) is 0. The second-order valence-corrected chi connectivity index (χ2v) is 7.16. The van der Waals surface area contributed by atoms with E-state index in [0.29, 0.717) is 16.0 Å². The van der Waals surface area contributed by atoms with Crippen molar-refractivity contribution in [1.82, 2.24) is 0 Å². The molecule has 2 aromatic carbocycles. The maximum atomic E-state index is 13.1. The second kappa shape index (κ2) is 6.85. The van der Waals surface area contributed by atoms with Gasteiger partial charge in [-0.3, -0.25) is 9.69 Å². The minimum Gasteiger partial charge on any atom is -0.268 e. The van der Waals surface area contributed by atoms with Crippen molar-refractivity contribution in [2.24, 2.45) is 0 Å². The first-order chi connectivity index (χ1) is 12.2. The van der Waals surface area contributed by atoms with Crippen molar-refractivity contribution in [3.63, 3.8) is 0 Å². The number of carbonyl (C=O) groups excluding carboxylic acids is 1. The second-order valence-electron chi connectivity index (χ2n) is 5.52. The third kappa shape index (κ3) is 3.52. The van der Waals surface area contributed by atoms with E-state index < -0.39 is 23.5 Å². The van der Waals surface area contributed by atoms with Crippen molar-refractivity contribution < 1.29 is 22.4 Å². The van der Waals surface area contributed by atoms with E-state index in [-0.39, 0.29) is 10.0 Å². The van der Waals surface area contributed by atoms with E-state index in [2.05, 4.69) is 0 Å². The number of halogens is 4. The number of nitrogens with zero attached hydrogens (tertiary/aromatic N) is 1. The zero-order valence-corrected chi connectivity index (χ0v) is 14.9. The van der Waals surface area contributed by atoms with E-state index in [4.69, 9.17) is 12.2 Å². The Labute approximate surface area is 156 Å². The Bertz CT molecular complexity index is 920. The van der Waals surface area contributed by atoms with Crippen LogP contribution in [0.3, 0.4) is 0 Å². The van der Waals surface area contributed by atoms with Crippen molar-refractivity contribution in [2.45, 2.75) is 13.1 Å². The number of carbonyl (C=O) groups is 1. The molecule has 0 radical (unpaired) electrons. The molecule has 2 nitrogen and oxygen atoms in total. The van der Waals surface area contributed by atoms with E-state index in [1.54, 1.807) is 6.92 Å². The molecule has 0 saturated carbocycles. The summed E-state index contributed by atoms with van der Waals surface area (Å²) in [6.45, 7) is 1.69. The monoisotopic (exact) mass is 397 g/mol. The van der Waals surface area contributed by atoms with Crippen LogP contribution in [0.1, 0.15) is 18.1 Å². The Balaban J connectivity index is 2.00. The summed E-state index contributed by atoms with van der Waals surface area (Å²) in [6.07, 6.45) is -4.52. The topological polar surface area (TPSA) is 20.3 Å². The molecule has 8 heteroatoms. The SMILES string of the molecule is CC(=C1SC(=S)N(c2cccc(C(F)(F)F)c2)C1=O)c1ccc(F)cc1. The fraction of sp³-hybridized carbons (Fsp3) is 0.111. The Morgan fingerprint density at radius 2 is 1.77 bits per heavy atom. The summed E-state index contributed by atoms with van der Waals surface area (Å²) in [5, 5.41) is 0. The van der Waals surface area contributed by atoms with Gasteiger partial charge in [-0.2, -0.15) is 13.2 Å². The van der Waals surface area contributed by atoms with E-state index in [9.17, 15) is 22.4 Å². The van der Waals surface area contributed by atoms with Crippen LogP contribution in [-0.4, -0.2) is 10.2 Å². The van der Waals surface area contributed by atoms with Gasteiger partial charge < -0.3 is 0 Å². The molecule has 1 fully saturated rings. The lowest BCUT2D eigenvalue weighted by Crippen LogP contribution is -2.28. The third-order valence-corrected chi connectivity index (χ3v) is 5.29. The quantitative estimate of drug-likeness (QED) is 0.372. The normalized spacial score (nSPS) is 17.0. The number of alkyl halides is 3. The van der Waals surface area contributed by atoms with Gasteiger partial charge in [0.05, 0.1) is 16.2 Å². The lowest BCUT2D eigenvalue weighted by Gasteiger charge is -2.16. The van der Waals surface area contributed by atoms with Crippen LogP contribution in [0.15, 0.2) is 53.4 Å². The Hall–Kier alpha value is -2.19. The largest absolute Gasteiger partial charge is 0.416 e. The maximum absolute atomic E-state index is 13.1. The molecule has 134 valence electrons. The van der Waals surface area contributed by atoms with E-state index in [0.717, 1.165) is 28.8 Å². The molecule has 0 atom stereocenters. The number of hydrogen-bond acceptors (Lipinski definition) is 3. The third-order valence-electron chi connectivity index (χ3n) is 3.82. The summed E-state index contributed by atoms with van der Waals surface area (Å²) in [4.78, 5) is 14.1. The lowest BCUT2D eigenvalue weighted by atomic mass is 10.1. The first kappa shape index (κ1) is 18.6. The standard InChI is InChI=1S/C18H11F4NOS2/c1-10(11-5-7-13(19)8-6-11)15-16(24)23(17(25)26-15)14-4-2-3-12(9-14)18(20,21)22/h2-9H,1H3. The molecule has 2 aromatic rings. The van der Waals surface area contributed by atoms with Gasteiger partial charge >= 0.3 is 6.18 Å². The molecule has 0 bridgehead atoms. The molecule has 0 N–H and O–H groups in total. The van der Waals surface area contributed by atoms with E-state index >= 15 is 0 Å². The summed E-state index contributed by atoms with van der Waals surface area (Å²) in [7, 11) is 0. The predicted octanol–water partition coefficient (Wildman–Crippen LogP) is 5.64. The van der Waals surface area contributed by atoms with Crippen LogP contribution in [0.4, 0.5) is 23.2 Å². The Morgan fingerprint density at radius 1 is 1.12 bits per heavy atom. The van der Waals surface area contributed by atoms with Gasteiger partial charge in [-0.15, -0.1) is 0 Å². The van der Waals surface area contributed by atoms with Crippen LogP contribution in [0.25, 0.3) is 5.57 Å². The van der Waals surface area contributed by atoms with Gasteiger partial charge in [0.15, 0.2) is 4.32 Å². The summed E-state index contributed by atoms with van der Waals surface area (Å²) >= 11 is 6.21. The fourth-order valence-electron chi connectivity index (χ4n) is 2.47. The average Bonchev–Trinajstić information content (AvgIpc) is 2.89. The van der Waals surface area contributed by atoms with Crippen molar-refractivity contribution in [3.05, 3.63) is 70.4 Å². The van der Waals surface area contributed by atoms with Crippen molar-refractivity contribution in [2.75, 3.05) is 4.90 Å². The Morgan fingerprint density at radius 3 is 2.38 bits per heavy atom.